The number of aromatic nitrogens is 1. The third-order valence-electron chi connectivity index (χ3n) is 3.75. The summed E-state index contributed by atoms with van der Waals surface area (Å²) in [4.78, 5) is 10.3. The second-order valence-corrected chi connectivity index (χ2v) is 6.96. The number of aryl methyl sites for hydroxylation is 1. The number of hydrogen-bond donors (Lipinski definition) is 2. The van der Waals surface area contributed by atoms with Gasteiger partial charge in [-0.2, -0.15) is 0 Å². The Morgan fingerprint density at radius 1 is 1.46 bits per heavy atom. The molecule has 1 unspecified atom stereocenters. The summed E-state index contributed by atoms with van der Waals surface area (Å²) < 4.78 is 11.2. The second-order valence-electron chi connectivity index (χ2n) is 5.76. The summed E-state index contributed by atoms with van der Waals surface area (Å²) in [6.45, 7) is 8.88. The molecule has 24 heavy (non-hydrogen) atoms. The van der Waals surface area contributed by atoms with E-state index >= 15 is 0 Å². The molecule has 6 nitrogen and oxygen atoms in total. The van der Waals surface area contributed by atoms with Crippen molar-refractivity contribution < 1.29 is 9.47 Å². The first-order chi connectivity index (χ1) is 11.8. The quantitative estimate of drug-likeness (QED) is 0.383. The summed E-state index contributed by atoms with van der Waals surface area (Å²) in [7, 11) is 0. The van der Waals surface area contributed by atoms with Crippen molar-refractivity contribution in [3.05, 3.63) is 16.1 Å². The van der Waals surface area contributed by atoms with Crippen LogP contribution in [0.3, 0.4) is 0 Å². The van der Waals surface area contributed by atoms with Gasteiger partial charge in [-0.15, -0.1) is 11.3 Å². The lowest BCUT2D eigenvalue weighted by atomic mass is 10.2. The van der Waals surface area contributed by atoms with Crippen LogP contribution in [0.15, 0.2) is 11.2 Å². The molecule has 1 aromatic rings. The maximum Gasteiger partial charge on any atom is 0.191 e. The zero-order valence-corrected chi connectivity index (χ0v) is 15.7. The Morgan fingerprint density at radius 3 is 3.08 bits per heavy atom. The van der Waals surface area contributed by atoms with Gasteiger partial charge in [0.1, 0.15) is 5.01 Å². The van der Waals surface area contributed by atoms with Crippen LogP contribution < -0.4 is 10.6 Å². The van der Waals surface area contributed by atoms with Crippen LogP contribution in [0.5, 0.6) is 0 Å². The average molecular weight is 355 g/mol. The van der Waals surface area contributed by atoms with Crippen LogP contribution in [-0.4, -0.2) is 50.0 Å². The predicted molar refractivity (Wildman–Crippen MR) is 98.7 cm³/mol. The molecule has 0 bridgehead atoms. The molecule has 2 N–H and O–H groups in total. The summed E-state index contributed by atoms with van der Waals surface area (Å²) in [5, 5.41) is 7.67. The molecule has 0 radical (unpaired) electrons. The molecule has 1 saturated heterocycles. The van der Waals surface area contributed by atoms with E-state index in [4.69, 9.17) is 9.47 Å². The summed E-state index contributed by atoms with van der Waals surface area (Å²) in [6.07, 6.45) is 6.53. The normalized spacial score (nSPS) is 18.1. The number of ether oxygens (including phenoxy) is 2. The third-order valence-corrected chi connectivity index (χ3v) is 4.88. The first-order valence-corrected chi connectivity index (χ1v) is 9.78. The van der Waals surface area contributed by atoms with Crippen LogP contribution in [0.1, 0.15) is 43.0 Å². The van der Waals surface area contributed by atoms with Gasteiger partial charge in [0.15, 0.2) is 5.96 Å². The second kappa shape index (κ2) is 11.4. The summed E-state index contributed by atoms with van der Waals surface area (Å²) in [6, 6.07) is 0. The van der Waals surface area contributed by atoms with Crippen molar-refractivity contribution in [3.8, 4) is 0 Å². The zero-order chi connectivity index (χ0) is 17.0. The molecule has 1 fully saturated rings. The van der Waals surface area contributed by atoms with E-state index in [9.17, 15) is 0 Å². The Morgan fingerprint density at radius 2 is 2.38 bits per heavy atom. The minimum Gasteiger partial charge on any atom is -0.379 e. The summed E-state index contributed by atoms with van der Waals surface area (Å²) in [5.74, 6) is 0.838. The fourth-order valence-corrected chi connectivity index (χ4v) is 3.23. The maximum absolute atomic E-state index is 5.67. The van der Waals surface area contributed by atoms with E-state index in [1.165, 1.54) is 4.88 Å². The van der Waals surface area contributed by atoms with Gasteiger partial charge in [0.2, 0.25) is 0 Å². The lowest BCUT2D eigenvalue weighted by Gasteiger charge is -2.12. The fourth-order valence-electron chi connectivity index (χ4n) is 2.44. The van der Waals surface area contributed by atoms with Gasteiger partial charge in [-0.05, 0) is 32.6 Å². The molecule has 1 aromatic heterocycles. The molecule has 7 heteroatoms. The Labute approximate surface area is 149 Å². The largest absolute Gasteiger partial charge is 0.379 e. The Balaban J connectivity index is 1.61. The average Bonchev–Trinajstić information content (AvgIpc) is 3.27. The first-order valence-electron chi connectivity index (χ1n) is 8.97. The number of nitrogens with zero attached hydrogens (tertiary/aromatic N) is 2. The molecule has 0 saturated carbocycles. The highest BCUT2D eigenvalue weighted by Gasteiger charge is 2.14. The van der Waals surface area contributed by atoms with Gasteiger partial charge in [-0.3, -0.25) is 0 Å². The summed E-state index contributed by atoms with van der Waals surface area (Å²) >= 11 is 1.73. The van der Waals surface area contributed by atoms with E-state index in [1.54, 1.807) is 11.3 Å². The van der Waals surface area contributed by atoms with E-state index < -0.39 is 0 Å². The van der Waals surface area contributed by atoms with Crippen molar-refractivity contribution >= 4 is 17.3 Å². The van der Waals surface area contributed by atoms with Crippen LogP contribution in [0.4, 0.5) is 0 Å². The molecule has 2 rings (SSSR count). The minimum absolute atomic E-state index is 0.308. The van der Waals surface area contributed by atoms with Crippen LogP contribution in [0.2, 0.25) is 0 Å². The molecule has 0 aromatic carbocycles. The van der Waals surface area contributed by atoms with Gasteiger partial charge >= 0.3 is 0 Å². The smallest absolute Gasteiger partial charge is 0.191 e. The van der Waals surface area contributed by atoms with Crippen LogP contribution in [-0.2, 0) is 22.4 Å². The number of nitrogens with one attached hydrogen (secondary N) is 2. The first kappa shape index (κ1) is 19.1. The molecular weight excluding hydrogens is 324 g/mol. The standard InChI is InChI=1S/C17H30N4O2S/c1-3-15-11-20-16(24-15)12-21-17(18-4-2)19-8-6-9-22-13-14-7-5-10-23-14/h11,14H,3-10,12-13H2,1-2H3,(H2,18,19,21). The highest BCUT2D eigenvalue weighted by molar-refractivity contribution is 7.11. The number of guanidine groups is 1. The topological polar surface area (TPSA) is 67.8 Å². The van der Waals surface area contributed by atoms with Crippen molar-refractivity contribution in [2.45, 2.75) is 52.2 Å². The van der Waals surface area contributed by atoms with Gasteiger partial charge in [0.05, 0.1) is 19.3 Å². The molecule has 2 heterocycles. The van der Waals surface area contributed by atoms with Gasteiger partial charge in [0.25, 0.3) is 0 Å². The monoisotopic (exact) mass is 354 g/mol. The Kier molecular flexibility index (Phi) is 9.09. The van der Waals surface area contributed by atoms with Crippen molar-refractivity contribution in [3.63, 3.8) is 0 Å². The van der Waals surface area contributed by atoms with Gasteiger partial charge in [-0.1, -0.05) is 6.92 Å². The summed E-state index contributed by atoms with van der Waals surface area (Å²) in [5.41, 5.74) is 0. The Bertz CT molecular complexity index is 487. The van der Waals surface area contributed by atoms with Crippen molar-refractivity contribution in [2.24, 2.45) is 4.99 Å². The van der Waals surface area contributed by atoms with Crippen LogP contribution in [0.25, 0.3) is 0 Å². The van der Waals surface area contributed by atoms with Crippen molar-refractivity contribution in [1.82, 2.24) is 15.6 Å². The number of hydrogen-bond acceptors (Lipinski definition) is 5. The zero-order valence-electron chi connectivity index (χ0n) is 14.8. The van der Waals surface area contributed by atoms with E-state index in [-0.39, 0.29) is 0 Å². The predicted octanol–water partition coefficient (Wildman–Crippen LogP) is 2.35. The van der Waals surface area contributed by atoms with E-state index in [0.717, 1.165) is 69.6 Å². The fraction of sp³-hybridized carbons (Fsp3) is 0.765. The van der Waals surface area contributed by atoms with E-state index in [2.05, 4.69) is 34.5 Å². The Hall–Kier alpha value is -1.18. The molecule has 1 aliphatic heterocycles. The SMILES string of the molecule is CCNC(=NCc1ncc(CC)s1)NCCCOCC1CCCO1. The van der Waals surface area contributed by atoms with Gasteiger partial charge in [0, 0.05) is 37.4 Å². The molecule has 0 spiro atoms. The van der Waals surface area contributed by atoms with Crippen molar-refractivity contribution in [1.29, 1.82) is 0 Å². The van der Waals surface area contributed by atoms with Crippen molar-refractivity contribution in [2.75, 3.05) is 32.9 Å². The lowest BCUT2D eigenvalue weighted by Crippen LogP contribution is -2.38. The number of rotatable bonds is 10. The van der Waals surface area contributed by atoms with Crippen LogP contribution >= 0.6 is 11.3 Å². The molecular formula is C17H30N4O2S. The highest BCUT2D eigenvalue weighted by atomic mass is 32.1. The lowest BCUT2D eigenvalue weighted by molar-refractivity contribution is 0.0168. The maximum atomic E-state index is 5.67. The number of thiazole rings is 1. The minimum atomic E-state index is 0.308. The molecule has 136 valence electrons. The molecule has 0 amide bonds. The molecule has 1 atom stereocenters. The van der Waals surface area contributed by atoms with E-state index in [1.807, 2.05) is 6.20 Å². The van der Waals surface area contributed by atoms with Gasteiger partial charge < -0.3 is 20.1 Å². The van der Waals surface area contributed by atoms with Crippen LogP contribution in [0, 0.1) is 0 Å². The number of aliphatic imine (C=N–C) groups is 1. The molecule has 1 aliphatic rings. The highest BCUT2D eigenvalue weighted by Crippen LogP contribution is 2.14. The van der Waals surface area contributed by atoms with E-state index in [0.29, 0.717) is 12.6 Å². The third kappa shape index (κ3) is 7.15. The molecule has 0 aliphatic carbocycles. The van der Waals surface area contributed by atoms with Gasteiger partial charge in [-0.25, -0.2) is 9.98 Å².